The van der Waals surface area contributed by atoms with Gasteiger partial charge in [-0.3, -0.25) is 0 Å². The first kappa shape index (κ1) is 8.86. The van der Waals surface area contributed by atoms with Gasteiger partial charge in [0.2, 0.25) is 0 Å². The summed E-state index contributed by atoms with van der Waals surface area (Å²) in [7, 11) is 0. The fourth-order valence-electron chi connectivity index (χ4n) is 1.17. The zero-order chi connectivity index (χ0) is 9.19. The Morgan fingerprint density at radius 1 is 1.67 bits per heavy atom. The lowest BCUT2D eigenvalue weighted by atomic mass is 9.91. The van der Waals surface area contributed by atoms with Crippen LogP contribution >= 0.6 is 0 Å². The molecule has 0 fully saturated rings. The van der Waals surface area contributed by atoms with Crippen LogP contribution in [0.4, 0.5) is 0 Å². The van der Waals surface area contributed by atoms with E-state index in [1.54, 1.807) is 0 Å². The van der Waals surface area contributed by atoms with Crippen molar-refractivity contribution in [3.05, 3.63) is 18.2 Å². The molecule has 1 aromatic heterocycles. The number of nitrogens with zero attached hydrogens (tertiary/aromatic N) is 2. The van der Waals surface area contributed by atoms with Crippen LogP contribution in [0.2, 0.25) is 0 Å². The Labute approximate surface area is 73.6 Å². The van der Waals surface area contributed by atoms with Crippen LogP contribution in [-0.4, -0.2) is 9.55 Å². The molecule has 0 N–H and O–H groups in total. The molecule has 0 atom stereocenters. The minimum absolute atomic E-state index is 0.216. The molecule has 1 rings (SSSR count). The quantitative estimate of drug-likeness (QED) is 0.606. The van der Waals surface area contributed by atoms with Gasteiger partial charge in [-0.15, -0.1) is 6.42 Å². The number of aromatic nitrogens is 2. The van der Waals surface area contributed by atoms with Crippen molar-refractivity contribution in [1.82, 2.24) is 9.55 Å². The zero-order valence-corrected chi connectivity index (χ0v) is 7.83. The molecule has 0 spiro atoms. The van der Waals surface area contributed by atoms with E-state index in [4.69, 9.17) is 6.42 Å². The van der Waals surface area contributed by atoms with Gasteiger partial charge in [0.25, 0.3) is 0 Å². The van der Waals surface area contributed by atoms with Gasteiger partial charge in [-0.25, -0.2) is 4.98 Å². The number of imidazole rings is 1. The Kier molecular flexibility index (Phi) is 2.23. The minimum Gasteiger partial charge on any atom is -0.334 e. The number of terminal acetylenes is 1. The van der Waals surface area contributed by atoms with E-state index in [2.05, 4.69) is 22.4 Å². The van der Waals surface area contributed by atoms with Crippen LogP contribution in [0.3, 0.4) is 0 Å². The van der Waals surface area contributed by atoms with Crippen molar-refractivity contribution in [2.45, 2.75) is 32.7 Å². The number of aryl methyl sites for hydroxylation is 1. The van der Waals surface area contributed by atoms with Gasteiger partial charge in [0.15, 0.2) is 0 Å². The first-order valence-corrected chi connectivity index (χ1v) is 4.10. The highest BCUT2D eigenvalue weighted by Gasteiger charge is 2.20. The van der Waals surface area contributed by atoms with Crippen LogP contribution < -0.4 is 0 Å². The molecule has 12 heavy (non-hydrogen) atoms. The normalized spacial score (nSPS) is 11.2. The summed E-state index contributed by atoms with van der Waals surface area (Å²) in [5, 5.41) is 0. The van der Waals surface area contributed by atoms with Crippen LogP contribution in [0, 0.1) is 12.3 Å². The summed E-state index contributed by atoms with van der Waals surface area (Å²) >= 11 is 0. The Hall–Kier alpha value is -1.23. The number of hydrogen-bond acceptors (Lipinski definition) is 1. The molecule has 0 amide bonds. The smallest absolute Gasteiger partial charge is 0.0948 e. The topological polar surface area (TPSA) is 17.8 Å². The molecule has 0 unspecified atom stereocenters. The molecular formula is C10H14N2. The molecule has 0 saturated heterocycles. The van der Waals surface area contributed by atoms with Crippen molar-refractivity contribution in [3.63, 3.8) is 0 Å². The van der Waals surface area contributed by atoms with Crippen LogP contribution in [-0.2, 0) is 12.0 Å². The maximum atomic E-state index is 5.43. The minimum atomic E-state index is -0.216. The third-order valence-corrected chi connectivity index (χ3v) is 2.05. The lowest BCUT2D eigenvalue weighted by molar-refractivity contribution is 0.596. The second-order valence-corrected chi connectivity index (χ2v) is 3.33. The molecule has 0 aliphatic rings. The van der Waals surface area contributed by atoms with Crippen molar-refractivity contribution < 1.29 is 0 Å². The van der Waals surface area contributed by atoms with E-state index in [0.29, 0.717) is 0 Å². The molecule has 0 aromatic carbocycles. The van der Waals surface area contributed by atoms with Gasteiger partial charge >= 0.3 is 0 Å². The standard InChI is InChI=1S/C10H14N2/c1-5-10(3,4)9-7-11-8-12(9)6-2/h1,7-8H,6H2,2-4H3. The molecule has 0 saturated carbocycles. The third kappa shape index (κ3) is 1.35. The maximum absolute atomic E-state index is 5.43. The highest BCUT2D eigenvalue weighted by molar-refractivity contribution is 5.24. The molecule has 1 heterocycles. The average Bonchev–Trinajstić information content (AvgIpc) is 2.52. The summed E-state index contributed by atoms with van der Waals surface area (Å²) in [6.07, 6.45) is 9.08. The highest BCUT2D eigenvalue weighted by Crippen LogP contribution is 2.21. The fraction of sp³-hybridized carbons (Fsp3) is 0.500. The van der Waals surface area contributed by atoms with E-state index < -0.39 is 0 Å². The molecule has 0 aliphatic carbocycles. The molecule has 1 aromatic rings. The van der Waals surface area contributed by atoms with Gasteiger partial charge in [0.05, 0.1) is 17.4 Å². The summed E-state index contributed by atoms with van der Waals surface area (Å²) in [4.78, 5) is 4.07. The Morgan fingerprint density at radius 2 is 2.33 bits per heavy atom. The molecule has 2 nitrogen and oxygen atoms in total. The predicted octanol–water partition coefficient (Wildman–Crippen LogP) is 1.81. The number of hydrogen-bond donors (Lipinski definition) is 0. The van der Waals surface area contributed by atoms with Gasteiger partial charge in [-0.05, 0) is 20.8 Å². The van der Waals surface area contributed by atoms with Gasteiger partial charge in [-0.1, -0.05) is 5.92 Å². The molecule has 0 aliphatic heterocycles. The summed E-state index contributed by atoms with van der Waals surface area (Å²) in [6.45, 7) is 7.05. The first-order valence-electron chi connectivity index (χ1n) is 4.10. The Bertz CT molecular complexity index is 302. The SMILES string of the molecule is C#CC(C)(C)c1cncn1CC. The van der Waals surface area contributed by atoms with Crippen LogP contribution in [0.25, 0.3) is 0 Å². The van der Waals surface area contributed by atoms with Gasteiger partial charge < -0.3 is 4.57 Å². The van der Waals surface area contributed by atoms with Crippen LogP contribution in [0.15, 0.2) is 12.5 Å². The van der Waals surface area contributed by atoms with E-state index in [9.17, 15) is 0 Å². The molecular weight excluding hydrogens is 148 g/mol. The van der Waals surface area contributed by atoms with Crippen molar-refractivity contribution in [2.75, 3.05) is 0 Å². The average molecular weight is 162 g/mol. The monoisotopic (exact) mass is 162 g/mol. The van der Waals surface area contributed by atoms with E-state index in [1.165, 1.54) is 0 Å². The molecule has 0 bridgehead atoms. The van der Waals surface area contributed by atoms with Crippen LogP contribution in [0.1, 0.15) is 26.5 Å². The molecule has 64 valence electrons. The van der Waals surface area contributed by atoms with Gasteiger partial charge in [0, 0.05) is 12.7 Å². The van der Waals surface area contributed by atoms with E-state index in [0.717, 1.165) is 12.2 Å². The number of rotatable bonds is 2. The summed E-state index contributed by atoms with van der Waals surface area (Å²) in [5.74, 6) is 2.76. The second kappa shape index (κ2) is 3.02. The largest absolute Gasteiger partial charge is 0.334 e. The zero-order valence-electron chi connectivity index (χ0n) is 7.83. The lowest BCUT2D eigenvalue weighted by Crippen LogP contribution is -2.18. The van der Waals surface area contributed by atoms with E-state index >= 15 is 0 Å². The maximum Gasteiger partial charge on any atom is 0.0948 e. The first-order chi connectivity index (χ1) is 5.61. The summed E-state index contributed by atoms with van der Waals surface area (Å²) in [5.41, 5.74) is 0.888. The van der Waals surface area contributed by atoms with Gasteiger partial charge in [-0.2, -0.15) is 0 Å². The fourth-order valence-corrected chi connectivity index (χ4v) is 1.17. The molecule has 2 heteroatoms. The van der Waals surface area contributed by atoms with E-state index in [1.807, 2.05) is 26.4 Å². The van der Waals surface area contributed by atoms with Crippen LogP contribution in [0.5, 0.6) is 0 Å². The van der Waals surface area contributed by atoms with Crippen molar-refractivity contribution in [1.29, 1.82) is 0 Å². The highest BCUT2D eigenvalue weighted by atomic mass is 15.0. The summed E-state index contributed by atoms with van der Waals surface area (Å²) < 4.78 is 2.07. The summed E-state index contributed by atoms with van der Waals surface area (Å²) in [6, 6.07) is 0. The Morgan fingerprint density at radius 3 is 2.83 bits per heavy atom. The second-order valence-electron chi connectivity index (χ2n) is 3.33. The van der Waals surface area contributed by atoms with Crippen molar-refractivity contribution in [2.24, 2.45) is 0 Å². The molecule has 0 radical (unpaired) electrons. The van der Waals surface area contributed by atoms with Crippen molar-refractivity contribution >= 4 is 0 Å². The lowest BCUT2D eigenvalue weighted by Gasteiger charge is -2.18. The van der Waals surface area contributed by atoms with E-state index in [-0.39, 0.29) is 5.41 Å². The third-order valence-electron chi connectivity index (χ3n) is 2.05. The predicted molar refractivity (Wildman–Crippen MR) is 49.8 cm³/mol. The van der Waals surface area contributed by atoms with Gasteiger partial charge in [0.1, 0.15) is 0 Å². The van der Waals surface area contributed by atoms with Crippen molar-refractivity contribution in [3.8, 4) is 12.3 Å². The Balaban J connectivity index is 3.11.